The molecular weight excluding hydrogens is 436 g/mol. The number of fused-ring (bicyclic) bond motifs is 1. The van der Waals surface area contributed by atoms with Gasteiger partial charge in [0.2, 0.25) is 0 Å². The van der Waals surface area contributed by atoms with Gasteiger partial charge in [-0.05, 0) is 57.2 Å². The molecule has 8 nitrogen and oxygen atoms in total. The topological polar surface area (TPSA) is 100 Å². The van der Waals surface area contributed by atoms with E-state index in [1.165, 1.54) is 0 Å². The number of hydrogen-bond donors (Lipinski definition) is 2. The second-order valence-corrected chi connectivity index (χ2v) is 9.12. The molecule has 0 aliphatic carbocycles. The number of aryl methyl sites for hydroxylation is 1. The number of pyridine rings is 1. The van der Waals surface area contributed by atoms with E-state index >= 15 is 0 Å². The maximum atomic E-state index is 13.0. The minimum absolute atomic E-state index is 0.142. The molecule has 0 atom stereocenters. The number of nitrogens with one attached hydrogen (secondary N) is 2. The summed E-state index contributed by atoms with van der Waals surface area (Å²) in [5.74, 6) is 2.22. The van der Waals surface area contributed by atoms with Crippen LogP contribution >= 0.6 is 0 Å². The molecule has 4 aromatic rings. The lowest BCUT2D eigenvalue weighted by Crippen LogP contribution is -2.23. The fourth-order valence-corrected chi connectivity index (χ4v) is 4.84. The lowest BCUT2D eigenvalue weighted by atomic mass is 10.2. The van der Waals surface area contributed by atoms with Crippen LogP contribution < -0.4 is 14.9 Å². The molecule has 0 saturated heterocycles. The Balaban J connectivity index is 1.53. The molecule has 0 spiro atoms. The number of nitrogens with zero attached hydrogens (tertiary/aromatic N) is 4. The highest BCUT2D eigenvalue weighted by Gasteiger charge is 2.18. The molecule has 2 aromatic heterocycles. The van der Waals surface area contributed by atoms with Crippen LogP contribution in [0.4, 0.5) is 23.0 Å². The van der Waals surface area contributed by atoms with E-state index in [4.69, 9.17) is 0 Å². The summed E-state index contributed by atoms with van der Waals surface area (Å²) in [7, 11) is -3.80. The van der Waals surface area contributed by atoms with Gasteiger partial charge >= 0.3 is 0 Å². The lowest BCUT2D eigenvalue weighted by Gasteiger charge is -2.20. The monoisotopic (exact) mass is 462 g/mol. The van der Waals surface area contributed by atoms with Crippen LogP contribution in [0, 0.1) is 6.92 Å². The fourth-order valence-electron chi connectivity index (χ4n) is 3.60. The Kier molecular flexibility index (Phi) is 6.41. The average molecular weight is 463 g/mol. The molecule has 9 heteroatoms. The van der Waals surface area contributed by atoms with E-state index in [0.717, 1.165) is 30.0 Å². The highest BCUT2D eigenvalue weighted by atomic mass is 32.2. The van der Waals surface area contributed by atoms with E-state index in [0.29, 0.717) is 22.8 Å². The number of rotatable bonds is 8. The Bertz CT molecular complexity index is 1360. The van der Waals surface area contributed by atoms with E-state index in [1.807, 2.05) is 25.1 Å². The van der Waals surface area contributed by atoms with Gasteiger partial charge in [0.1, 0.15) is 22.4 Å². The van der Waals surface area contributed by atoms with Gasteiger partial charge in [-0.1, -0.05) is 18.2 Å². The Morgan fingerprint density at radius 2 is 1.61 bits per heavy atom. The molecular formula is C24H26N6O2S. The van der Waals surface area contributed by atoms with E-state index in [9.17, 15) is 8.42 Å². The zero-order valence-corrected chi connectivity index (χ0v) is 19.6. The van der Waals surface area contributed by atoms with Gasteiger partial charge < -0.3 is 10.2 Å². The summed E-state index contributed by atoms with van der Waals surface area (Å²) in [6, 6.07) is 17.6. The highest BCUT2D eigenvalue weighted by Crippen LogP contribution is 2.25. The first-order chi connectivity index (χ1) is 15.9. The molecule has 2 N–H and O–H groups in total. The smallest absolute Gasteiger partial charge is 0.264 e. The van der Waals surface area contributed by atoms with Crippen molar-refractivity contribution in [3.05, 3.63) is 72.7 Å². The summed E-state index contributed by atoms with van der Waals surface area (Å²) < 4.78 is 28.6. The second kappa shape index (κ2) is 9.41. The van der Waals surface area contributed by atoms with E-state index < -0.39 is 10.0 Å². The van der Waals surface area contributed by atoms with Crippen molar-refractivity contribution in [3.8, 4) is 0 Å². The number of aromatic nitrogens is 3. The molecule has 2 aromatic carbocycles. The molecule has 0 radical (unpaired) electrons. The molecule has 0 fully saturated rings. The summed E-state index contributed by atoms with van der Waals surface area (Å²) >= 11 is 0. The van der Waals surface area contributed by atoms with Gasteiger partial charge in [0, 0.05) is 42.1 Å². The molecule has 2 heterocycles. The van der Waals surface area contributed by atoms with Gasteiger partial charge in [0.05, 0.1) is 5.52 Å². The molecule has 0 unspecified atom stereocenters. The molecule has 0 bridgehead atoms. The molecule has 0 saturated carbocycles. The van der Waals surface area contributed by atoms with Crippen molar-refractivity contribution >= 4 is 43.9 Å². The number of anilines is 4. The lowest BCUT2D eigenvalue weighted by molar-refractivity contribution is 0.602. The number of sulfonamides is 1. The molecule has 4 rings (SSSR count). The summed E-state index contributed by atoms with van der Waals surface area (Å²) in [5.41, 5.74) is 1.68. The normalized spacial score (nSPS) is 11.4. The third-order valence-electron chi connectivity index (χ3n) is 5.21. The first-order valence-electron chi connectivity index (χ1n) is 10.7. The first kappa shape index (κ1) is 22.5. The van der Waals surface area contributed by atoms with Crippen LogP contribution in [0.2, 0.25) is 0 Å². The highest BCUT2D eigenvalue weighted by molar-refractivity contribution is 7.93. The SMILES string of the molecule is CCN(CC)c1cc(Nc2ccc(NS(=O)(=O)c3cccc4cccnc34)cc2)nc(C)n1. The van der Waals surface area contributed by atoms with Crippen LogP contribution in [0.25, 0.3) is 10.9 Å². The van der Waals surface area contributed by atoms with E-state index in [1.54, 1.807) is 48.7 Å². The summed E-state index contributed by atoms with van der Waals surface area (Å²) in [6.07, 6.45) is 1.59. The largest absolute Gasteiger partial charge is 0.357 e. The molecule has 0 aliphatic heterocycles. The predicted molar refractivity (Wildman–Crippen MR) is 133 cm³/mol. The Hall–Kier alpha value is -3.72. The van der Waals surface area contributed by atoms with E-state index in [-0.39, 0.29) is 4.90 Å². The minimum Gasteiger partial charge on any atom is -0.357 e. The Morgan fingerprint density at radius 3 is 2.33 bits per heavy atom. The van der Waals surface area contributed by atoms with Crippen molar-refractivity contribution in [3.63, 3.8) is 0 Å². The fraction of sp³-hybridized carbons (Fsp3) is 0.208. The third kappa shape index (κ3) is 5.04. The van der Waals surface area contributed by atoms with Crippen LogP contribution in [0.3, 0.4) is 0 Å². The molecule has 33 heavy (non-hydrogen) atoms. The van der Waals surface area contributed by atoms with Crippen LogP contribution in [-0.4, -0.2) is 36.5 Å². The van der Waals surface area contributed by atoms with Crippen LogP contribution in [0.1, 0.15) is 19.7 Å². The van der Waals surface area contributed by atoms with Crippen LogP contribution in [-0.2, 0) is 10.0 Å². The summed E-state index contributed by atoms with van der Waals surface area (Å²) in [4.78, 5) is 15.5. The summed E-state index contributed by atoms with van der Waals surface area (Å²) in [6.45, 7) is 7.74. The predicted octanol–water partition coefficient (Wildman–Crippen LogP) is 4.72. The van der Waals surface area contributed by atoms with Gasteiger partial charge in [-0.2, -0.15) is 0 Å². The number of para-hydroxylation sites is 1. The van der Waals surface area contributed by atoms with Gasteiger partial charge in [-0.3, -0.25) is 9.71 Å². The first-order valence-corrected chi connectivity index (χ1v) is 12.2. The standard InChI is InChI=1S/C24H26N6O2S/c1-4-30(5-2)23-16-22(26-17(3)27-23)28-19-11-13-20(14-12-19)29-33(31,32)21-10-6-8-18-9-7-15-25-24(18)21/h6-16,29H,4-5H2,1-3H3,(H,26,27,28). The molecule has 0 aliphatic rings. The van der Waals surface area contributed by atoms with Crippen molar-refractivity contribution in [2.24, 2.45) is 0 Å². The quantitative estimate of drug-likeness (QED) is 0.391. The number of hydrogen-bond acceptors (Lipinski definition) is 7. The average Bonchev–Trinajstić information content (AvgIpc) is 2.80. The van der Waals surface area contributed by atoms with Crippen molar-refractivity contribution in [2.45, 2.75) is 25.7 Å². The Morgan fingerprint density at radius 1 is 0.909 bits per heavy atom. The van der Waals surface area contributed by atoms with Crippen LogP contribution in [0.5, 0.6) is 0 Å². The van der Waals surface area contributed by atoms with Gasteiger partial charge in [0.25, 0.3) is 10.0 Å². The Labute approximate surface area is 193 Å². The summed E-state index contributed by atoms with van der Waals surface area (Å²) in [5, 5.41) is 4.04. The van der Waals surface area contributed by atoms with E-state index in [2.05, 4.69) is 43.7 Å². The van der Waals surface area contributed by atoms with Gasteiger partial charge in [0.15, 0.2) is 0 Å². The van der Waals surface area contributed by atoms with Crippen molar-refractivity contribution < 1.29 is 8.42 Å². The van der Waals surface area contributed by atoms with Gasteiger partial charge in [-0.25, -0.2) is 18.4 Å². The van der Waals surface area contributed by atoms with Gasteiger partial charge in [-0.15, -0.1) is 0 Å². The van der Waals surface area contributed by atoms with Crippen molar-refractivity contribution in [2.75, 3.05) is 28.0 Å². The zero-order chi connectivity index (χ0) is 23.4. The maximum Gasteiger partial charge on any atom is 0.264 e. The molecule has 170 valence electrons. The van der Waals surface area contributed by atoms with Crippen molar-refractivity contribution in [1.29, 1.82) is 0 Å². The number of benzene rings is 2. The van der Waals surface area contributed by atoms with Crippen molar-refractivity contribution in [1.82, 2.24) is 15.0 Å². The molecule has 0 amide bonds. The van der Waals surface area contributed by atoms with Crippen LogP contribution in [0.15, 0.2) is 71.8 Å². The zero-order valence-electron chi connectivity index (χ0n) is 18.8. The second-order valence-electron chi connectivity index (χ2n) is 7.47. The maximum absolute atomic E-state index is 13.0. The minimum atomic E-state index is -3.80. The third-order valence-corrected chi connectivity index (χ3v) is 6.62.